The molecule has 0 N–H and O–H groups in total. The van der Waals surface area contributed by atoms with Crippen LogP contribution in [-0.4, -0.2) is 48.9 Å². The van der Waals surface area contributed by atoms with Crippen molar-refractivity contribution in [3.05, 3.63) is 48.0 Å². The van der Waals surface area contributed by atoms with Gasteiger partial charge in [-0.1, -0.05) is 36.4 Å². The largest absolute Gasteiger partial charge is 0.469 e. The first-order valence-corrected chi connectivity index (χ1v) is 9.73. The summed E-state index contributed by atoms with van der Waals surface area (Å²) in [7, 11) is 1.36. The second kappa shape index (κ2) is 8.27. The lowest BCUT2D eigenvalue weighted by molar-refractivity contribution is -0.149. The van der Waals surface area contributed by atoms with Crippen molar-refractivity contribution in [1.29, 1.82) is 0 Å². The Morgan fingerprint density at radius 2 is 1.96 bits per heavy atom. The highest BCUT2D eigenvalue weighted by Crippen LogP contribution is 2.54. The quantitative estimate of drug-likeness (QED) is 0.553. The molecule has 2 heterocycles. The van der Waals surface area contributed by atoms with Crippen LogP contribution in [0, 0.1) is 11.8 Å². The topological polar surface area (TPSA) is 72.9 Å². The first kappa shape index (κ1) is 20.3. The summed E-state index contributed by atoms with van der Waals surface area (Å²) in [6.45, 7) is 4.27. The van der Waals surface area contributed by atoms with Crippen molar-refractivity contribution in [2.24, 2.45) is 11.8 Å². The Hall–Kier alpha value is -2.47. The van der Waals surface area contributed by atoms with Crippen molar-refractivity contribution >= 4 is 17.7 Å². The molecule has 2 fully saturated rings. The number of fused-ring (bicyclic) bond motifs is 1. The number of esters is 2. The van der Waals surface area contributed by atoms with Crippen LogP contribution in [0.5, 0.6) is 0 Å². The second-order valence-corrected chi connectivity index (χ2v) is 7.32. The van der Waals surface area contributed by atoms with Gasteiger partial charge in [-0.2, -0.15) is 0 Å². The fourth-order valence-corrected chi connectivity index (χ4v) is 5.02. The molecule has 1 aromatic rings. The molecule has 3 rings (SSSR count). The minimum atomic E-state index is -0.889. The van der Waals surface area contributed by atoms with Crippen LogP contribution in [0.3, 0.4) is 0 Å². The zero-order valence-corrected chi connectivity index (χ0v) is 16.6. The third-order valence-corrected chi connectivity index (χ3v) is 5.93. The molecule has 28 heavy (non-hydrogen) atoms. The predicted octanol–water partition coefficient (Wildman–Crippen LogP) is 2.47. The van der Waals surface area contributed by atoms with Gasteiger partial charge in [0.2, 0.25) is 0 Å². The van der Waals surface area contributed by atoms with Gasteiger partial charge in [-0.15, -0.1) is 0 Å². The summed E-state index contributed by atoms with van der Waals surface area (Å²) in [6.07, 6.45) is 4.88. The standard InChI is InChI=1S/C22H27NO5/c1-4-28-18(25)12-13-22(16-9-6-5-7-10-16)20(15(2)24)19(21(26)27-3)17-11-8-14-23(17)22/h5-7,9-10,12-13,17,19-20H,4,8,11,14H2,1-3H3/b13-12+/t17-,19-,20+,22-/m1/s1. The van der Waals surface area contributed by atoms with Gasteiger partial charge in [0.1, 0.15) is 5.78 Å². The molecule has 0 spiro atoms. The molecule has 0 bridgehead atoms. The number of methoxy groups -OCH3 is 1. The normalized spacial score (nSPS) is 29.6. The Labute approximate surface area is 165 Å². The number of Topliss-reactive ketones (excluding diaryl/α,β-unsaturated/α-hetero) is 1. The van der Waals surface area contributed by atoms with Crippen molar-refractivity contribution in [2.75, 3.05) is 20.3 Å². The van der Waals surface area contributed by atoms with Crippen LogP contribution in [0.4, 0.5) is 0 Å². The minimum Gasteiger partial charge on any atom is -0.469 e. The average molecular weight is 385 g/mol. The van der Waals surface area contributed by atoms with Crippen LogP contribution in [0.2, 0.25) is 0 Å². The number of hydrogen-bond donors (Lipinski definition) is 0. The number of nitrogens with zero attached hydrogens (tertiary/aromatic N) is 1. The fourth-order valence-electron chi connectivity index (χ4n) is 5.02. The van der Waals surface area contributed by atoms with Crippen molar-refractivity contribution < 1.29 is 23.9 Å². The third-order valence-electron chi connectivity index (χ3n) is 5.93. The fraction of sp³-hybridized carbons (Fsp3) is 0.500. The molecule has 150 valence electrons. The maximum Gasteiger partial charge on any atom is 0.330 e. The van der Waals surface area contributed by atoms with E-state index in [1.165, 1.54) is 20.1 Å². The summed E-state index contributed by atoms with van der Waals surface area (Å²) in [5, 5.41) is 0. The van der Waals surface area contributed by atoms with Crippen LogP contribution in [0.15, 0.2) is 42.5 Å². The minimum absolute atomic E-state index is 0.0952. The van der Waals surface area contributed by atoms with Gasteiger partial charge in [-0.3, -0.25) is 14.5 Å². The van der Waals surface area contributed by atoms with Gasteiger partial charge in [0.15, 0.2) is 0 Å². The van der Waals surface area contributed by atoms with E-state index in [9.17, 15) is 14.4 Å². The molecular formula is C22H27NO5. The number of hydrogen-bond acceptors (Lipinski definition) is 6. The third kappa shape index (κ3) is 3.26. The monoisotopic (exact) mass is 385 g/mol. The van der Waals surface area contributed by atoms with Crippen molar-refractivity contribution in [3.8, 4) is 0 Å². The van der Waals surface area contributed by atoms with Gasteiger partial charge in [-0.05, 0) is 38.8 Å². The van der Waals surface area contributed by atoms with Crippen molar-refractivity contribution in [2.45, 2.75) is 38.3 Å². The van der Waals surface area contributed by atoms with Gasteiger partial charge in [-0.25, -0.2) is 4.79 Å². The lowest BCUT2D eigenvalue weighted by atomic mass is 9.71. The van der Waals surface area contributed by atoms with Crippen molar-refractivity contribution in [3.63, 3.8) is 0 Å². The van der Waals surface area contributed by atoms with E-state index in [4.69, 9.17) is 9.47 Å². The van der Waals surface area contributed by atoms with E-state index in [-0.39, 0.29) is 24.4 Å². The molecule has 0 unspecified atom stereocenters. The van der Waals surface area contributed by atoms with Gasteiger partial charge >= 0.3 is 11.9 Å². The Morgan fingerprint density at radius 1 is 1.25 bits per heavy atom. The summed E-state index contributed by atoms with van der Waals surface area (Å²) in [5.74, 6) is -2.14. The van der Waals surface area contributed by atoms with Crippen LogP contribution in [-0.2, 0) is 29.4 Å². The molecule has 6 nitrogen and oxygen atoms in total. The lowest BCUT2D eigenvalue weighted by Gasteiger charge is -2.39. The number of carbonyl (C=O) groups excluding carboxylic acids is 3. The summed E-state index contributed by atoms with van der Waals surface area (Å²) in [5.41, 5.74) is -0.00563. The molecule has 0 amide bonds. The van der Waals surface area contributed by atoms with E-state index in [0.717, 1.165) is 24.9 Å². The second-order valence-electron chi connectivity index (χ2n) is 7.32. The van der Waals surface area contributed by atoms with Gasteiger partial charge < -0.3 is 9.47 Å². The molecular weight excluding hydrogens is 358 g/mol. The number of benzene rings is 1. The summed E-state index contributed by atoms with van der Waals surface area (Å²) in [4.78, 5) is 39.9. The van der Waals surface area contributed by atoms with Gasteiger partial charge in [0, 0.05) is 12.1 Å². The van der Waals surface area contributed by atoms with Gasteiger partial charge in [0.25, 0.3) is 0 Å². The van der Waals surface area contributed by atoms with E-state index in [2.05, 4.69) is 4.90 Å². The molecule has 2 aliphatic heterocycles. The number of ether oxygens (including phenoxy) is 2. The number of carbonyl (C=O) groups is 3. The average Bonchev–Trinajstić information content (AvgIpc) is 3.27. The molecule has 1 aromatic carbocycles. The summed E-state index contributed by atoms with van der Waals surface area (Å²) >= 11 is 0. The van der Waals surface area contributed by atoms with Gasteiger partial charge in [0.05, 0.1) is 31.1 Å². The summed E-state index contributed by atoms with van der Waals surface area (Å²) in [6, 6.07) is 9.50. The maximum absolute atomic E-state index is 12.9. The highest BCUT2D eigenvalue weighted by Gasteiger charge is 2.63. The molecule has 2 saturated heterocycles. The van der Waals surface area contributed by atoms with Crippen LogP contribution in [0.25, 0.3) is 0 Å². The molecule has 0 aromatic heterocycles. The zero-order valence-electron chi connectivity index (χ0n) is 16.6. The lowest BCUT2D eigenvalue weighted by Crippen LogP contribution is -2.46. The molecule has 0 saturated carbocycles. The Morgan fingerprint density at radius 3 is 2.57 bits per heavy atom. The maximum atomic E-state index is 12.9. The molecule has 6 heteroatoms. The van der Waals surface area contributed by atoms with E-state index in [1.54, 1.807) is 13.0 Å². The Balaban J connectivity index is 2.21. The highest BCUT2D eigenvalue weighted by molar-refractivity contribution is 5.89. The van der Waals surface area contributed by atoms with Crippen LogP contribution < -0.4 is 0 Å². The van der Waals surface area contributed by atoms with E-state index < -0.39 is 23.3 Å². The molecule has 2 aliphatic rings. The summed E-state index contributed by atoms with van der Waals surface area (Å²) < 4.78 is 10.1. The first-order valence-electron chi connectivity index (χ1n) is 9.73. The van der Waals surface area contributed by atoms with Crippen molar-refractivity contribution in [1.82, 2.24) is 4.90 Å². The molecule has 0 radical (unpaired) electrons. The molecule has 4 atom stereocenters. The highest BCUT2D eigenvalue weighted by atomic mass is 16.5. The Kier molecular flexibility index (Phi) is 5.98. The van der Waals surface area contributed by atoms with E-state index in [0.29, 0.717) is 0 Å². The Bertz CT molecular complexity index is 774. The smallest absolute Gasteiger partial charge is 0.330 e. The number of rotatable bonds is 6. The molecule has 0 aliphatic carbocycles. The first-order chi connectivity index (χ1) is 13.5. The predicted molar refractivity (Wildman–Crippen MR) is 103 cm³/mol. The van der Waals surface area contributed by atoms with Crippen LogP contribution in [0.1, 0.15) is 32.3 Å². The SMILES string of the molecule is CCOC(=O)/C=C/[C@@]1(c2ccccc2)[C@@H](C(C)=O)[C@H](C(=O)OC)[C@H]2CCCN21. The van der Waals surface area contributed by atoms with E-state index >= 15 is 0 Å². The zero-order chi connectivity index (χ0) is 20.3. The van der Waals surface area contributed by atoms with E-state index in [1.807, 2.05) is 30.3 Å². The number of ketones is 1. The van der Waals surface area contributed by atoms with Crippen LogP contribution >= 0.6 is 0 Å².